The number of pyridine rings is 1. The van der Waals surface area contributed by atoms with Gasteiger partial charge in [0.25, 0.3) is 0 Å². The molecule has 0 aliphatic heterocycles. The van der Waals surface area contributed by atoms with Crippen LogP contribution >= 0.6 is 23.2 Å². The molecule has 2 nitrogen and oxygen atoms in total. The Labute approximate surface area is 160 Å². The summed E-state index contributed by atoms with van der Waals surface area (Å²) in [5.74, 6) is 0.795. The number of Topliss-reactive ketones (excluding diaryl/α,β-unsaturated/α-hetero) is 1. The summed E-state index contributed by atoms with van der Waals surface area (Å²) in [5.41, 5.74) is -0.248. The molecule has 1 aromatic heterocycles. The van der Waals surface area contributed by atoms with E-state index >= 15 is 0 Å². The molecule has 2 aromatic rings. The van der Waals surface area contributed by atoms with Gasteiger partial charge in [0.15, 0.2) is 11.5 Å². The molecule has 3 rings (SSSR count). The first-order valence-electron chi connectivity index (χ1n) is 8.09. The molecule has 0 N–H and O–H groups in total. The average Bonchev–Trinajstić information content (AvgIpc) is 2.55. The lowest BCUT2D eigenvalue weighted by Crippen LogP contribution is -2.20. The lowest BCUT2D eigenvalue weighted by molar-refractivity contribution is -0.141. The maximum Gasteiger partial charge on any atom is 0.434 e. The Bertz CT molecular complexity index is 793. The maximum absolute atomic E-state index is 12.2. The summed E-state index contributed by atoms with van der Waals surface area (Å²) in [6, 6.07) is 8.23. The fourth-order valence-corrected chi connectivity index (χ4v) is 3.39. The molecule has 0 saturated heterocycles. The first-order valence-corrected chi connectivity index (χ1v) is 8.85. The van der Waals surface area contributed by atoms with Crippen LogP contribution in [0.3, 0.4) is 0 Å². The second-order valence-electron chi connectivity index (χ2n) is 6.28. The van der Waals surface area contributed by atoms with Crippen LogP contribution in [0.25, 0.3) is 0 Å². The van der Waals surface area contributed by atoms with Crippen molar-refractivity contribution >= 4 is 29.0 Å². The van der Waals surface area contributed by atoms with E-state index in [-0.39, 0.29) is 0 Å². The SMILES string of the molecule is CC(=O)c1cccnc1C(F)(F)F.C[C@@H]1CC[C@@H]1c1ccc(Cl)cc1Cl. The zero-order valence-electron chi connectivity index (χ0n) is 14.3. The van der Waals surface area contributed by atoms with Crippen LogP contribution in [0.4, 0.5) is 13.2 Å². The third-order valence-electron chi connectivity index (χ3n) is 4.44. The van der Waals surface area contributed by atoms with E-state index in [1.54, 1.807) is 0 Å². The first-order chi connectivity index (χ1) is 12.1. The number of aromatic nitrogens is 1. The minimum absolute atomic E-state index is 0.394. The molecular formula is C19H18Cl2F3NO. The van der Waals surface area contributed by atoms with Crippen LogP contribution in [0.2, 0.25) is 10.0 Å². The Morgan fingerprint density at radius 1 is 1.19 bits per heavy atom. The van der Waals surface area contributed by atoms with Crippen LogP contribution < -0.4 is 0 Å². The van der Waals surface area contributed by atoms with Crippen molar-refractivity contribution in [3.8, 4) is 0 Å². The molecule has 26 heavy (non-hydrogen) atoms. The summed E-state index contributed by atoms with van der Waals surface area (Å²) in [5, 5.41) is 1.55. The highest BCUT2D eigenvalue weighted by molar-refractivity contribution is 6.35. The quantitative estimate of drug-likeness (QED) is 0.515. The van der Waals surface area contributed by atoms with Crippen molar-refractivity contribution in [3.63, 3.8) is 0 Å². The fourth-order valence-electron chi connectivity index (χ4n) is 2.85. The van der Waals surface area contributed by atoms with Gasteiger partial charge in [-0.25, -0.2) is 0 Å². The van der Waals surface area contributed by atoms with Crippen LogP contribution in [0.15, 0.2) is 36.5 Å². The normalized spacial score (nSPS) is 19.2. The Morgan fingerprint density at radius 3 is 2.31 bits per heavy atom. The van der Waals surface area contributed by atoms with E-state index in [2.05, 4.69) is 18.0 Å². The van der Waals surface area contributed by atoms with Crippen molar-refractivity contribution in [2.75, 3.05) is 0 Å². The smallest absolute Gasteiger partial charge is 0.294 e. The molecule has 2 atom stereocenters. The third-order valence-corrected chi connectivity index (χ3v) is 5.00. The van der Waals surface area contributed by atoms with E-state index in [1.807, 2.05) is 12.1 Å². The number of alkyl halides is 3. The average molecular weight is 404 g/mol. The standard InChI is InChI=1S/C11H12Cl2.C8H6F3NO/c1-7-2-4-9(7)10-5-3-8(12)6-11(10)13;1-5(13)6-3-2-4-12-7(6)8(9,10)11/h3,5-7,9H,2,4H2,1H3;2-4H,1H3/t7-,9+;/m1./s1. The zero-order valence-corrected chi connectivity index (χ0v) is 15.8. The van der Waals surface area contributed by atoms with Gasteiger partial charge in [0, 0.05) is 21.8 Å². The number of carbonyl (C=O) groups excluding carboxylic acids is 1. The molecule has 140 valence electrons. The van der Waals surface area contributed by atoms with Crippen LogP contribution in [-0.4, -0.2) is 10.8 Å². The second kappa shape index (κ2) is 8.40. The van der Waals surface area contributed by atoms with E-state index in [0.717, 1.165) is 35.2 Å². The molecule has 1 aliphatic carbocycles. The minimum atomic E-state index is -4.57. The number of rotatable bonds is 2. The van der Waals surface area contributed by atoms with Gasteiger partial charge in [-0.15, -0.1) is 0 Å². The Kier molecular flexibility index (Phi) is 6.69. The van der Waals surface area contributed by atoms with Crippen molar-refractivity contribution < 1.29 is 18.0 Å². The van der Waals surface area contributed by atoms with Gasteiger partial charge >= 0.3 is 6.18 Å². The lowest BCUT2D eigenvalue weighted by atomic mass is 9.71. The van der Waals surface area contributed by atoms with E-state index in [4.69, 9.17) is 23.2 Å². The molecule has 1 fully saturated rings. The molecule has 1 aliphatic rings. The molecule has 0 amide bonds. The van der Waals surface area contributed by atoms with Gasteiger partial charge in [-0.05, 0) is 61.4 Å². The summed E-state index contributed by atoms with van der Waals surface area (Å²) in [6.45, 7) is 3.35. The minimum Gasteiger partial charge on any atom is -0.294 e. The summed E-state index contributed by atoms with van der Waals surface area (Å²) < 4.78 is 36.6. The van der Waals surface area contributed by atoms with Crippen molar-refractivity contribution in [3.05, 3.63) is 63.4 Å². The second-order valence-corrected chi connectivity index (χ2v) is 7.12. The predicted octanol–water partition coefficient (Wildman–Crippen LogP) is 6.81. The number of hydrogen-bond donors (Lipinski definition) is 0. The summed E-state index contributed by atoms with van der Waals surface area (Å²) in [7, 11) is 0. The maximum atomic E-state index is 12.2. The highest BCUT2D eigenvalue weighted by Crippen LogP contribution is 2.44. The third kappa shape index (κ3) is 4.98. The highest BCUT2D eigenvalue weighted by atomic mass is 35.5. The molecule has 1 aromatic carbocycles. The number of carbonyl (C=O) groups is 1. The number of hydrogen-bond acceptors (Lipinski definition) is 2. The molecule has 0 radical (unpaired) electrons. The van der Waals surface area contributed by atoms with Crippen molar-refractivity contribution in [1.29, 1.82) is 0 Å². The van der Waals surface area contributed by atoms with E-state index < -0.39 is 23.2 Å². The summed E-state index contributed by atoms with van der Waals surface area (Å²) in [4.78, 5) is 13.9. The van der Waals surface area contributed by atoms with Gasteiger partial charge in [-0.1, -0.05) is 36.2 Å². The predicted molar refractivity (Wildman–Crippen MR) is 96.8 cm³/mol. The van der Waals surface area contributed by atoms with Gasteiger partial charge in [-0.3, -0.25) is 9.78 Å². The largest absolute Gasteiger partial charge is 0.434 e. The van der Waals surface area contributed by atoms with E-state index in [9.17, 15) is 18.0 Å². The number of nitrogens with zero attached hydrogens (tertiary/aromatic N) is 1. The highest BCUT2D eigenvalue weighted by Gasteiger charge is 2.36. The molecule has 7 heteroatoms. The summed E-state index contributed by atoms with van der Waals surface area (Å²) in [6.07, 6.45) is -0.969. The molecular weight excluding hydrogens is 386 g/mol. The van der Waals surface area contributed by atoms with Crippen molar-refractivity contribution in [1.82, 2.24) is 4.98 Å². The number of halogens is 5. The van der Waals surface area contributed by atoms with Gasteiger partial charge in [0.2, 0.25) is 0 Å². The molecule has 0 bridgehead atoms. The van der Waals surface area contributed by atoms with Crippen LogP contribution in [0.1, 0.15) is 54.2 Å². The van der Waals surface area contributed by atoms with Crippen molar-refractivity contribution in [2.45, 2.75) is 38.8 Å². The van der Waals surface area contributed by atoms with Crippen LogP contribution in [0, 0.1) is 5.92 Å². The Balaban J connectivity index is 0.000000187. The van der Waals surface area contributed by atoms with E-state index in [1.165, 1.54) is 24.5 Å². The molecule has 0 unspecified atom stereocenters. The molecule has 0 spiro atoms. The van der Waals surface area contributed by atoms with Gasteiger partial charge < -0.3 is 0 Å². The van der Waals surface area contributed by atoms with Crippen molar-refractivity contribution in [2.24, 2.45) is 5.92 Å². The number of benzene rings is 1. The summed E-state index contributed by atoms with van der Waals surface area (Å²) >= 11 is 12.0. The van der Waals surface area contributed by atoms with Gasteiger partial charge in [-0.2, -0.15) is 13.2 Å². The topological polar surface area (TPSA) is 30.0 Å². The van der Waals surface area contributed by atoms with Gasteiger partial charge in [0.1, 0.15) is 0 Å². The fraction of sp³-hybridized carbons (Fsp3) is 0.368. The van der Waals surface area contributed by atoms with E-state index in [0.29, 0.717) is 5.92 Å². The Morgan fingerprint density at radius 2 is 1.88 bits per heavy atom. The monoisotopic (exact) mass is 403 g/mol. The van der Waals surface area contributed by atoms with Crippen LogP contribution in [0.5, 0.6) is 0 Å². The molecule has 1 heterocycles. The molecule has 1 saturated carbocycles. The van der Waals surface area contributed by atoms with Crippen LogP contribution in [-0.2, 0) is 6.18 Å². The Hall–Kier alpha value is -1.59. The lowest BCUT2D eigenvalue weighted by Gasteiger charge is -2.34. The zero-order chi connectivity index (χ0) is 19.5. The number of ketones is 1. The van der Waals surface area contributed by atoms with Gasteiger partial charge in [0.05, 0.1) is 0 Å². The first kappa shape index (κ1) is 20.7.